The van der Waals surface area contributed by atoms with Crippen molar-refractivity contribution < 1.29 is 0 Å². The van der Waals surface area contributed by atoms with Crippen molar-refractivity contribution in [3.63, 3.8) is 0 Å². The highest BCUT2D eigenvalue weighted by molar-refractivity contribution is 5.54. The van der Waals surface area contributed by atoms with Crippen LogP contribution < -0.4 is 5.32 Å². The van der Waals surface area contributed by atoms with Gasteiger partial charge in [-0.2, -0.15) is 5.26 Å². The molecule has 0 aliphatic heterocycles. The number of nitrogens with zero attached hydrogens (tertiary/aromatic N) is 2. The van der Waals surface area contributed by atoms with Gasteiger partial charge in [0.1, 0.15) is 11.9 Å². The smallest absolute Gasteiger partial charge is 0.143 e. The summed E-state index contributed by atoms with van der Waals surface area (Å²) in [7, 11) is 1.83. The second-order valence-electron chi connectivity index (χ2n) is 5.74. The zero-order chi connectivity index (χ0) is 12.6. The predicted octanol–water partition coefficient (Wildman–Crippen LogP) is 3.04. The van der Waals surface area contributed by atoms with Gasteiger partial charge in [0.05, 0.1) is 5.56 Å². The van der Waals surface area contributed by atoms with Gasteiger partial charge in [-0.3, -0.25) is 0 Å². The van der Waals surface area contributed by atoms with Crippen LogP contribution in [0.3, 0.4) is 0 Å². The van der Waals surface area contributed by atoms with Gasteiger partial charge >= 0.3 is 0 Å². The van der Waals surface area contributed by atoms with Crippen LogP contribution in [0.1, 0.15) is 48.9 Å². The third-order valence-corrected chi connectivity index (χ3v) is 4.67. The molecule has 18 heavy (non-hydrogen) atoms. The third kappa shape index (κ3) is 1.77. The van der Waals surface area contributed by atoms with E-state index >= 15 is 0 Å². The molecule has 1 fully saturated rings. The molecule has 3 rings (SSSR count). The number of hydrogen-bond donors (Lipinski definition) is 1. The number of fused-ring (bicyclic) bond motifs is 1. The van der Waals surface area contributed by atoms with Crippen LogP contribution in [0.2, 0.25) is 0 Å². The molecule has 0 aromatic carbocycles. The van der Waals surface area contributed by atoms with E-state index in [-0.39, 0.29) is 0 Å². The van der Waals surface area contributed by atoms with Crippen molar-refractivity contribution >= 4 is 5.82 Å². The number of aromatic nitrogens is 1. The Morgan fingerprint density at radius 2 is 2.11 bits per heavy atom. The van der Waals surface area contributed by atoms with Gasteiger partial charge in [0, 0.05) is 12.7 Å². The average Bonchev–Trinajstić information content (AvgIpc) is 2.85. The Kier molecular flexibility index (Phi) is 2.74. The van der Waals surface area contributed by atoms with E-state index in [9.17, 15) is 5.26 Å². The van der Waals surface area contributed by atoms with Gasteiger partial charge in [0.15, 0.2) is 0 Å². The van der Waals surface area contributed by atoms with E-state index < -0.39 is 0 Å². The molecule has 1 N–H and O–H groups in total. The first-order valence-corrected chi connectivity index (χ1v) is 6.87. The number of rotatable bonds is 1. The molecule has 2 aliphatic carbocycles. The monoisotopic (exact) mass is 241 g/mol. The zero-order valence-corrected chi connectivity index (χ0v) is 10.9. The first kappa shape index (κ1) is 11.5. The van der Waals surface area contributed by atoms with Crippen molar-refractivity contribution in [1.82, 2.24) is 4.98 Å². The van der Waals surface area contributed by atoms with E-state index in [1.54, 1.807) is 0 Å². The number of aryl methyl sites for hydroxylation is 1. The molecule has 1 spiro atoms. The SMILES string of the molecule is CNc1nc2c(cc1C#N)CC1(CCCC1)CC2. The summed E-state index contributed by atoms with van der Waals surface area (Å²) in [6.45, 7) is 0. The van der Waals surface area contributed by atoms with E-state index in [1.165, 1.54) is 43.4 Å². The van der Waals surface area contributed by atoms with Crippen molar-refractivity contribution in [2.24, 2.45) is 5.41 Å². The van der Waals surface area contributed by atoms with Gasteiger partial charge in [-0.25, -0.2) is 4.98 Å². The molecule has 1 heterocycles. The fourth-order valence-corrected chi connectivity index (χ4v) is 3.67. The molecule has 0 bridgehead atoms. The van der Waals surface area contributed by atoms with Crippen LogP contribution in [0.25, 0.3) is 0 Å². The minimum absolute atomic E-state index is 0.530. The number of pyridine rings is 1. The Bertz CT molecular complexity index is 507. The second-order valence-corrected chi connectivity index (χ2v) is 5.74. The lowest BCUT2D eigenvalue weighted by molar-refractivity contribution is 0.253. The highest BCUT2D eigenvalue weighted by Crippen LogP contribution is 2.47. The number of hydrogen-bond acceptors (Lipinski definition) is 3. The van der Waals surface area contributed by atoms with Crippen LogP contribution in [-0.2, 0) is 12.8 Å². The molecule has 3 nitrogen and oxygen atoms in total. The highest BCUT2D eigenvalue weighted by atomic mass is 15.0. The van der Waals surface area contributed by atoms with Gasteiger partial charge < -0.3 is 5.32 Å². The summed E-state index contributed by atoms with van der Waals surface area (Å²) < 4.78 is 0. The van der Waals surface area contributed by atoms with E-state index in [0.717, 1.165) is 18.7 Å². The van der Waals surface area contributed by atoms with Crippen molar-refractivity contribution in [3.05, 3.63) is 22.9 Å². The highest BCUT2D eigenvalue weighted by Gasteiger charge is 2.37. The van der Waals surface area contributed by atoms with Crippen LogP contribution in [0.15, 0.2) is 6.07 Å². The van der Waals surface area contributed by atoms with Gasteiger partial charge in [-0.1, -0.05) is 12.8 Å². The zero-order valence-electron chi connectivity index (χ0n) is 10.9. The molecular weight excluding hydrogens is 222 g/mol. The lowest BCUT2D eigenvalue weighted by atomic mass is 9.71. The average molecular weight is 241 g/mol. The van der Waals surface area contributed by atoms with Crippen molar-refractivity contribution in [1.29, 1.82) is 5.26 Å². The maximum atomic E-state index is 9.18. The lowest BCUT2D eigenvalue weighted by Gasteiger charge is -2.34. The summed E-state index contributed by atoms with van der Waals surface area (Å²) >= 11 is 0. The quantitative estimate of drug-likeness (QED) is 0.822. The largest absolute Gasteiger partial charge is 0.372 e. The van der Waals surface area contributed by atoms with E-state index in [4.69, 9.17) is 0 Å². The van der Waals surface area contributed by atoms with Gasteiger partial charge in [0.2, 0.25) is 0 Å². The Balaban J connectivity index is 1.98. The maximum absolute atomic E-state index is 9.18. The van der Waals surface area contributed by atoms with E-state index in [2.05, 4.69) is 22.4 Å². The Labute approximate surface area is 108 Å². The first-order valence-electron chi connectivity index (χ1n) is 6.87. The molecule has 0 unspecified atom stereocenters. The third-order valence-electron chi connectivity index (χ3n) is 4.67. The fraction of sp³-hybridized carbons (Fsp3) is 0.600. The molecule has 0 atom stereocenters. The maximum Gasteiger partial charge on any atom is 0.143 e. The van der Waals surface area contributed by atoms with Crippen LogP contribution in [0.4, 0.5) is 5.82 Å². The molecule has 94 valence electrons. The normalized spacial score (nSPS) is 20.4. The summed E-state index contributed by atoms with van der Waals surface area (Å²) in [5, 5.41) is 12.2. The van der Waals surface area contributed by atoms with Crippen LogP contribution >= 0.6 is 0 Å². The Morgan fingerprint density at radius 1 is 1.33 bits per heavy atom. The van der Waals surface area contributed by atoms with Crippen LogP contribution in [0, 0.1) is 16.7 Å². The topological polar surface area (TPSA) is 48.7 Å². The van der Waals surface area contributed by atoms with E-state index in [1.807, 2.05) is 7.05 Å². The van der Waals surface area contributed by atoms with Crippen molar-refractivity contribution in [3.8, 4) is 6.07 Å². The summed E-state index contributed by atoms with van der Waals surface area (Å²) in [6, 6.07) is 4.31. The minimum atomic E-state index is 0.530. The van der Waals surface area contributed by atoms with Gasteiger partial charge in [-0.15, -0.1) is 0 Å². The summed E-state index contributed by atoms with van der Waals surface area (Å²) in [4.78, 5) is 4.62. The number of nitriles is 1. The molecule has 2 aliphatic rings. The van der Waals surface area contributed by atoms with Gasteiger partial charge in [-0.05, 0) is 49.1 Å². The minimum Gasteiger partial charge on any atom is -0.372 e. The molecule has 3 heteroatoms. The Hall–Kier alpha value is -1.56. The molecule has 0 saturated heterocycles. The van der Waals surface area contributed by atoms with Crippen LogP contribution in [-0.4, -0.2) is 12.0 Å². The summed E-state index contributed by atoms with van der Waals surface area (Å²) in [5.41, 5.74) is 3.74. The van der Waals surface area contributed by atoms with Crippen molar-refractivity contribution in [2.75, 3.05) is 12.4 Å². The molecule has 0 amide bonds. The number of nitrogens with one attached hydrogen (secondary N) is 1. The molecule has 1 aromatic rings. The second kappa shape index (κ2) is 4.28. The molecule has 1 aromatic heterocycles. The lowest BCUT2D eigenvalue weighted by Crippen LogP contribution is -2.26. The van der Waals surface area contributed by atoms with E-state index in [0.29, 0.717) is 11.0 Å². The summed E-state index contributed by atoms with van der Waals surface area (Å²) in [5.74, 6) is 0.735. The molecule has 1 saturated carbocycles. The van der Waals surface area contributed by atoms with Gasteiger partial charge in [0.25, 0.3) is 0 Å². The standard InChI is InChI=1S/C15H19N3/c1-17-14-12(10-16)8-11-9-15(5-2-3-6-15)7-4-13(11)18-14/h8H,2-7,9H2,1H3,(H,17,18). The number of anilines is 1. The predicted molar refractivity (Wildman–Crippen MR) is 71.4 cm³/mol. The van der Waals surface area contributed by atoms with Crippen LogP contribution in [0.5, 0.6) is 0 Å². The summed E-state index contributed by atoms with van der Waals surface area (Å²) in [6.07, 6.45) is 8.97. The first-order chi connectivity index (χ1) is 8.76. The fourth-order valence-electron chi connectivity index (χ4n) is 3.67. The molecular formula is C15H19N3. The van der Waals surface area contributed by atoms with Crippen molar-refractivity contribution in [2.45, 2.75) is 44.9 Å². The molecule has 0 radical (unpaired) electrons. The Morgan fingerprint density at radius 3 is 2.78 bits per heavy atom.